The van der Waals surface area contributed by atoms with Crippen LogP contribution in [0.3, 0.4) is 0 Å². The van der Waals surface area contributed by atoms with Gasteiger partial charge in [-0.05, 0) is 81.8 Å². The number of hydrogen-bond acceptors (Lipinski definition) is 7. The number of piperidine rings is 1. The molecular weight excluding hydrogens is 652 g/mol. The number of piperazine rings is 1. The van der Waals surface area contributed by atoms with Gasteiger partial charge in [0.25, 0.3) is 0 Å². The van der Waals surface area contributed by atoms with Crippen LogP contribution in [0.1, 0.15) is 51.2 Å². The number of nitrogens with zero attached hydrogens (tertiary/aromatic N) is 4. The van der Waals surface area contributed by atoms with Gasteiger partial charge in [0.1, 0.15) is 5.60 Å². The Balaban J connectivity index is 1.08. The standard InChI is InChI=1S/C37H46F3N5O3S/c1-26-7-5-6-8-29(26)30-24-41-15-11-33(30)49-25-27-13-17-44(18-14-27)34(46)12-16-42-28-9-10-32(31(23-28)37(38,39)40)43-19-21-45(22-20-43)35(47)48-36(2,3)4/h5-11,15,23-24,27,42H,12-14,16-22,25H2,1-4H3. The monoisotopic (exact) mass is 697 g/mol. The first-order valence-corrected chi connectivity index (χ1v) is 17.9. The van der Waals surface area contributed by atoms with E-state index in [1.54, 1.807) is 31.7 Å². The summed E-state index contributed by atoms with van der Waals surface area (Å²) in [6.45, 7) is 10.1. The fourth-order valence-corrected chi connectivity index (χ4v) is 7.44. The molecule has 0 aliphatic carbocycles. The number of carbonyl (C=O) groups is 2. The summed E-state index contributed by atoms with van der Waals surface area (Å²) in [4.78, 5) is 36.0. The van der Waals surface area contributed by atoms with Crippen molar-refractivity contribution in [2.45, 2.75) is 63.6 Å². The fraction of sp³-hybridized carbons (Fsp3) is 0.486. The number of alkyl halides is 3. The second kappa shape index (κ2) is 15.7. The van der Waals surface area contributed by atoms with Crippen molar-refractivity contribution >= 4 is 35.1 Å². The number of aromatic nitrogens is 1. The lowest BCUT2D eigenvalue weighted by Gasteiger charge is -2.37. The zero-order valence-electron chi connectivity index (χ0n) is 28.7. The Labute approximate surface area is 291 Å². The van der Waals surface area contributed by atoms with Gasteiger partial charge in [-0.2, -0.15) is 13.2 Å². The van der Waals surface area contributed by atoms with Crippen LogP contribution in [0.2, 0.25) is 0 Å². The molecule has 0 unspecified atom stereocenters. The van der Waals surface area contributed by atoms with E-state index in [4.69, 9.17) is 4.74 Å². The Morgan fingerprint density at radius 1 is 0.939 bits per heavy atom. The number of anilines is 2. The van der Waals surface area contributed by atoms with Gasteiger partial charge in [0, 0.05) is 92.2 Å². The lowest BCUT2D eigenvalue weighted by atomic mass is 9.99. The van der Waals surface area contributed by atoms with Crippen LogP contribution >= 0.6 is 11.8 Å². The van der Waals surface area contributed by atoms with Gasteiger partial charge < -0.3 is 24.8 Å². The fourth-order valence-electron chi connectivity index (χ4n) is 6.22. The molecule has 8 nitrogen and oxygen atoms in total. The SMILES string of the molecule is Cc1ccccc1-c1cnccc1SCC1CCN(C(=O)CCNc2ccc(N3CCN(C(=O)OC(C)(C)C)CC3)c(C(F)(F)F)c2)CC1. The molecular formula is C37H46F3N5O3S. The molecule has 0 atom stereocenters. The van der Waals surface area contributed by atoms with Crippen LogP contribution in [0, 0.1) is 12.8 Å². The summed E-state index contributed by atoms with van der Waals surface area (Å²) in [5.41, 5.74) is 2.54. The smallest absolute Gasteiger partial charge is 0.418 e. The molecule has 5 rings (SSSR count). The van der Waals surface area contributed by atoms with Crippen molar-refractivity contribution in [1.82, 2.24) is 14.8 Å². The van der Waals surface area contributed by atoms with Gasteiger partial charge in [-0.15, -0.1) is 11.8 Å². The van der Waals surface area contributed by atoms with E-state index in [9.17, 15) is 22.8 Å². The predicted octanol–water partition coefficient (Wildman–Crippen LogP) is 7.97. The van der Waals surface area contributed by atoms with Crippen LogP contribution in [0.15, 0.2) is 65.8 Å². The number of amides is 2. The summed E-state index contributed by atoms with van der Waals surface area (Å²) >= 11 is 1.84. The molecule has 0 spiro atoms. The lowest BCUT2D eigenvalue weighted by Crippen LogP contribution is -2.50. The summed E-state index contributed by atoms with van der Waals surface area (Å²) < 4.78 is 47.9. The molecule has 0 radical (unpaired) electrons. The van der Waals surface area contributed by atoms with Crippen molar-refractivity contribution in [2.75, 3.05) is 61.8 Å². The van der Waals surface area contributed by atoms with Gasteiger partial charge in [-0.25, -0.2) is 4.79 Å². The van der Waals surface area contributed by atoms with Crippen molar-refractivity contribution < 1.29 is 27.5 Å². The first-order chi connectivity index (χ1) is 23.3. The number of ether oxygens (including phenoxy) is 1. The molecule has 1 N–H and O–H groups in total. The Bertz CT molecular complexity index is 1600. The van der Waals surface area contributed by atoms with Gasteiger partial charge in [-0.1, -0.05) is 24.3 Å². The minimum atomic E-state index is -4.56. The van der Waals surface area contributed by atoms with Crippen LogP contribution in [0.5, 0.6) is 0 Å². The second-order valence-electron chi connectivity index (χ2n) is 13.7. The molecule has 0 bridgehead atoms. The quantitative estimate of drug-likeness (QED) is 0.227. The third-order valence-electron chi connectivity index (χ3n) is 8.90. The molecule has 2 saturated heterocycles. The Hall–Kier alpha value is -3.93. The minimum absolute atomic E-state index is 0.00472. The van der Waals surface area contributed by atoms with E-state index < -0.39 is 23.4 Å². The molecule has 2 aliphatic heterocycles. The first kappa shape index (κ1) is 36.4. The summed E-state index contributed by atoms with van der Waals surface area (Å²) in [5.74, 6) is 1.46. The van der Waals surface area contributed by atoms with Crippen LogP contribution in [-0.2, 0) is 15.7 Å². The highest BCUT2D eigenvalue weighted by atomic mass is 32.2. The Morgan fingerprint density at radius 3 is 2.33 bits per heavy atom. The number of likely N-dealkylation sites (tertiary alicyclic amines) is 1. The van der Waals surface area contributed by atoms with Gasteiger partial charge in [-0.3, -0.25) is 9.78 Å². The number of hydrogen-bond donors (Lipinski definition) is 1. The molecule has 0 saturated carbocycles. The van der Waals surface area contributed by atoms with Crippen molar-refractivity contribution in [3.05, 3.63) is 72.1 Å². The number of nitrogens with one attached hydrogen (secondary N) is 1. The van der Waals surface area contributed by atoms with Gasteiger partial charge >= 0.3 is 12.3 Å². The topological polar surface area (TPSA) is 78.0 Å². The largest absolute Gasteiger partial charge is 0.444 e. The van der Waals surface area contributed by atoms with E-state index >= 15 is 0 Å². The summed E-state index contributed by atoms with van der Waals surface area (Å²) in [5, 5.41) is 3.03. The number of carbonyl (C=O) groups excluding carboxylic acids is 2. The molecule has 3 heterocycles. The maximum absolute atomic E-state index is 14.2. The second-order valence-corrected chi connectivity index (χ2v) is 14.7. The van der Waals surface area contributed by atoms with Crippen molar-refractivity contribution in [1.29, 1.82) is 0 Å². The third kappa shape index (κ3) is 9.83. The highest BCUT2D eigenvalue weighted by molar-refractivity contribution is 7.99. The predicted molar refractivity (Wildman–Crippen MR) is 189 cm³/mol. The van der Waals surface area contributed by atoms with Crippen molar-refractivity contribution in [2.24, 2.45) is 5.92 Å². The van der Waals surface area contributed by atoms with Crippen LogP contribution < -0.4 is 10.2 Å². The number of thioether (sulfide) groups is 1. The molecule has 2 aliphatic rings. The van der Waals surface area contributed by atoms with Gasteiger partial charge in [0.2, 0.25) is 5.91 Å². The highest BCUT2D eigenvalue weighted by Crippen LogP contribution is 2.39. The minimum Gasteiger partial charge on any atom is -0.444 e. The lowest BCUT2D eigenvalue weighted by molar-refractivity contribution is -0.137. The normalized spacial score (nSPS) is 16.1. The molecule has 2 fully saturated rings. The highest BCUT2D eigenvalue weighted by Gasteiger charge is 2.36. The molecule has 2 amide bonds. The first-order valence-electron chi connectivity index (χ1n) is 16.9. The van der Waals surface area contributed by atoms with Gasteiger partial charge in [0.15, 0.2) is 0 Å². The average molecular weight is 698 g/mol. The van der Waals surface area contributed by atoms with E-state index in [-0.39, 0.29) is 50.7 Å². The maximum Gasteiger partial charge on any atom is 0.418 e. The summed E-state index contributed by atoms with van der Waals surface area (Å²) in [6, 6.07) is 14.6. The molecule has 3 aromatic rings. The number of aryl methyl sites for hydroxylation is 1. The van der Waals surface area contributed by atoms with E-state index in [1.165, 1.54) is 27.0 Å². The summed E-state index contributed by atoms with van der Waals surface area (Å²) in [6.07, 6.45) is 0.761. The van der Waals surface area contributed by atoms with Crippen molar-refractivity contribution in [3.8, 4) is 11.1 Å². The maximum atomic E-state index is 14.2. The molecule has 1 aromatic heterocycles. The number of rotatable bonds is 9. The Morgan fingerprint density at radius 2 is 1.65 bits per heavy atom. The zero-order chi connectivity index (χ0) is 35.2. The van der Waals surface area contributed by atoms with E-state index in [0.717, 1.165) is 30.2 Å². The molecule has 49 heavy (non-hydrogen) atoms. The Kier molecular flexibility index (Phi) is 11.7. The molecule has 12 heteroatoms. The average Bonchev–Trinajstić information content (AvgIpc) is 3.07. The van der Waals surface area contributed by atoms with Gasteiger partial charge in [0.05, 0.1) is 5.56 Å². The third-order valence-corrected chi connectivity index (χ3v) is 10.2. The van der Waals surface area contributed by atoms with Crippen LogP contribution in [-0.4, -0.2) is 84.0 Å². The van der Waals surface area contributed by atoms with Crippen molar-refractivity contribution in [3.63, 3.8) is 0 Å². The van der Waals surface area contributed by atoms with Crippen LogP contribution in [0.25, 0.3) is 11.1 Å². The number of benzene rings is 2. The van der Waals surface area contributed by atoms with Crippen LogP contribution in [0.4, 0.5) is 29.3 Å². The summed E-state index contributed by atoms with van der Waals surface area (Å²) in [7, 11) is 0. The zero-order valence-corrected chi connectivity index (χ0v) is 29.5. The van der Waals surface area contributed by atoms with E-state index in [2.05, 4.69) is 35.4 Å². The number of halogens is 3. The van der Waals surface area contributed by atoms with E-state index in [0.29, 0.717) is 24.7 Å². The molecule has 2 aromatic carbocycles. The molecule has 264 valence electrons. The van der Waals surface area contributed by atoms with E-state index in [1.807, 2.05) is 41.2 Å². The number of pyridine rings is 1.